The Labute approximate surface area is 182 Å². The van der Waals surface area contributed by atoms with Crippen LogP contribution in [0.15, 0.2) is 76.7 Å². The number of carbonyl (C=O) groups excluding carboxylic acids is 1. The maximum Gasteiger partial charge on any atom is 0.259 e. The molecule has 0 spiro atoms. The third-order valence-electron chi connectivity index (χ3n) is 5.30. The van der Waals surface area contributed by atoms with Gasteiger partial charge in [-0.2, -0.15) is 0 Å². The Bertz CT molecular complexity index is 1500. The standard InChI is InChI=1S/C24H20N4O2S/c1-2-28-20-10-6-4-7-16(20)18-13-15(11-12-21(18)28)25-22(29)14-31-24-26-19-9-5-3-8-17(19)23(30)27-24/h3-13H,2,14H2,1H3,(H,25,29)(H,26,27,30). The molecule has 0 atom stereocenters. The van der Waals surface area contributed by atoms with Crippen molar-refractivity contribution in [3.63, 3.8) is 0 Å². The van der Waals surface area contributed by atoms with Gasteiger partial charge in [-0.05, 0) is 43.3 Å². The lowest BCUT2D eigenvalue weighted by Gasteiger charge is -2.07. The van der Waals surface area contributed by atoms with Gasteiger partial charge < -0.3 is 14.9 Å². The number of H-pyrrole nitrogens is 1. The van der Waals surface area contributed by atoms with Gasteiger partial charge in [-0.1, -0.05) is 42.1 Å². The van der Waals surface area contributed by atoms with Crippen LogP contribution in [0, 0.1) is 0 Å². The Kier molecular flexibility index (Phi) is 4.95. The quantitative estimate of drug-likeness (QED) is 0.312. The number of fused-ring (bicyclic) bond motifs is 4. The van der Waals surface area contributed by atoms with Gasteiger partial charge in [0, 0.05) is 34.0 Å². The van der Waals surface area contributed by atoms with Crippen molar-refractivity contribution in [3.8, 4) is 0 Å². The molecule has 31 heavy (non-hydrogen) atoms. The highest BCUT2D eigenvalue weighted by Gasteiger charge is 2.12. The van der Waals surface area contributed by atoms with Gasteiger partial charge in [0.05, 0.1) is 16.7 Å². The molecule has 2 aromatic heterocycles. The molecule has 0 saturated heterocycles. The van der Waals surface area contributed by atoms with Crippen LogP contribution in [0.3, 0.4) is 0 Å². The summed E-state index contributed by atoms with van der Waals surface area (Å²) in [7, 11) is 0. The number of benzene rings is 3. The van der Waals surface area contributed by atoms with Gasteiger partial charge >= 0.3 is 0 Å². The molecule has 0 fully saturated rings. The van der Waals surface area contributed by atoms with Crippen molar-refractivity contribution in [1.29, 1.82) is 0 Å². The Morgan fingerprint density at radius 2 is 1.74 bits per heavy atom. The molecule has 0 aliphatic carbocycles. The zero-order valence-electron chi connectivity index (χ0n) is 16.9. The van der Waals surface area contributed by atoms with Crippen molar-refractivity contribution >= 4 is 56.1 Å². The van der Waals surface area contributed by atoms with Crippen LogP contribution < -0.4 is 10.9 Å². The van der Waals surface area contributed by atoms with Gasteiger partial charge in [0.1, 0.15) is 0 Å². The molecule has 154 valence electrons. The fraction of sp³-hybridized carbons (Fsp3) is 0.125. The van der Waals surface area contributed by atoms with Gasteiger partial charge in [0.2, 0.25) is 5.91 Å². The molecular weight excluding hydrogens is 408 g/mol. The first-order valence-electron chi connectivity index (χ1n) is 10.1. The van der Waals surface area contributed by atoms with Gasteiger partial charge in [0.25, 0.3) is 5.56 Å². The van der Waals surface area contributed by atoms with Crippen molar-refractivity contribution in [1.82, 2.24) is 14.5 Å². The summed E-state index contributed by atoms with van der Waals surface area (Å²) in [6, 6.07) is 21.4. The molecule has 6 nitrogen and oxygen atoms in total. The summed E-state index contributed by atoms with van der Waals surface area (Å²) in [4.78, 5) is 31.9. The molecule has 5 aromatic rings. The Hall–Kier alpha value is -3.58. The van der Waals surface area contributed by atoms with E-state index in [1.165, 1.54) is 22.7 Å². The lowest BCUT2D eigenvalue weighted by Crippen LogP contribution is -2.15. The average Bonchev–Trinajstić information content (AvgIpc) is 3.11. The molecule has 7 heteroatoms. The lowest BCUT2D eigenvalue weighted by molar-refractivity contribution is -0.113. The minimum absolute atomic E-state index is 0.149. The second-order valence-corrected chi connectivity index (χ2v) is 8.18. The van der Waals surface area contributed by atoms with Crippen molar-refractivity contribution in [3.05, 3.63) is 77.1 Å². The fourth-order valence-corrected chi connectivity index (χ4v) is 4.60. The van der Waals surface area contributed by atoms with Crippen LogP contribution in [-0.2, 0) is 11.3 Å². The van der Waals surface area contributed by atoms with Crippen LogP contribution >= 0.6 is 11.8 Å². The van der Waals surface area contributed by atoms with Crippen LogP contribution in [-0.4, -0.2) is 26.2 Å². The van der Waals surface area contributed by atoms with Crippen molar-refractivity contribution < 1.29 is 4.79 Å². The second-order valence-electron chi connectivity index (χ2n) is 7.22. The maximum absolute atomic E-state index is 12.5. The number of nitrogens with one attached hydrogen (secondary N) is 2. The number of nitrogens with zero attached hydrogens (tertiary/aromatic N) is 2. The number of carbonyl (C=O) groups is 1. The summed E-state index contributed by atoms with van der Waals surface area (Å²) < 4.78 is 2.27. The van der Waals surface area contributed by atoms with Crippen molar-refractivity contribution in [2.45, 2.75) is 18.6 Å². The maximum atomic E-state index is 12.5. The van der Waals surface area contributed by atoms with E-state index in [0.29, 0.717) is 16.1 Å². The summed E-state index contributed by atoms with van der Waals surface area (Å²) in [5, 5.41) is 6.21. The summed E-state index contributed by atoms with van der Waals surface area (Å²) >= 11 is 1.21. The molecule has 1 amide bonds. The number of aryl methyl sites for hydroxylation is 1. The third kappa shape index (κ3) is 3.57. The highest BCUT2D eigenvalue weighted by Crippen LogP contribution is 2.31. The predicted molar refractivity (Wildman–Crippen MR) is 127 cm³/mol. The molecule has 2 N–H and O–H groups in total. The van der Waals surface area contributed by atoms with Crippen molar-refractivity contribution in [2.75, 3.05) is 11.1 Å². The average molecular weight is 429 g/mol. The van der Waals surface area contributed by atoms with Gasteiger partial charge in [-0.3, -0.25) is 9.59 Å². The minimum Gasteiger partial charge on any atom is -0.341 e. The van der Waals surface area contributed by atoms with Gasteiger partial charge in [-0.15, -0.1) is 0 Å². The molecule has 5 rings (SSSR count). The summed E-state index contributed by atoms with van der Waals surface area (Å²) in [6.45, 7) is 3.01. The Morgan fingerprint density at radius 1 is 1.00 bits per heavy atom. The zero-order chi connectivity index (χ0) is 21.4. The first-order valence-corrected chi connectivity index (χ1v) is 11.1. The molecule has 2 heterocycles. The molecule has 0 radical (unpaired) electrons. The van der Waals surface area contributed by atoms with Gasteiger partial charge in [0.15, 0.2) is 5.16 Å². The number of anilines is 1. The van der Waals surface area contributed by atoms with Gasteiger partial charge in [-0.25, -0.2) is 4.98 Å². The number of aromatic nitrogens is 3. The monoisotopic (exact) mass is 428 g/mol. The number of rotatable bonds is 5. The SMILES string of the molecule is CCn1c2ccccc2c2cc(NC(=O)CSc3nc4ccccc4c(=O)[nH]3)ccc21. The van der Waals surface area contributed by atoms with Crippen LogP contribution in [0.2, 0.25) is 0 Å². The number of hydrogen-bond acceptors (Lipinski definition) is 4. The molecule has 0 bridgehead atoms. The normalized spacial score (nSPS) is 11.4. The first kappa shape index (κ1) is 19.4. The fourth-order valence-electron chi connectivity index (χ4n) is 3.94. The third-order valence-corrected chi connectivity index (χ3v) is 6.18. The highest BCUT2D eigenvalue weighted by molar-refractivity contribution is 7.99. The summed E-state index contributed by atoms with van der Waals surface area (Å²) in [5.74, 6) is -0.00450. The van der Waals surface area contributed by atoms with E-state index in [4.69, 9.17) is 0 Å². The molecule has 0 saturated carbocycles. The Balaban J connectivity index is 1.36. The molecule has 0 aliphatic rings. The molecule has 0 unspecified atom stereocenters. The number of para-hydroxylation sites is 2. The van der Waals surface area contributed by atoms with Crippen molar-refractivity contribution in [2.24, 2.45) is 0 Å². The lowest BCUT2D eigenvalue weighted by atomic mass is 10.1. The zero-order valence-corrected chi connectivity index (χ0v) is 17.7. The number of thioether (sulfide) groups is 1. The molecular formula is C24H20N4O2S. The van der Waals surface area contributed by atoms with Crippen LogP contribution in [0.4, 0.5) is 5.69 Å². The van der Waals surface area contributed by atoms with Crippen LogP contribution in [0.25, 0.3) is 32.7 Å². The minimum atomic E-state index is -0.203. The van der Waals surface area contributed by atoms with E-state index >= 15 is 0 Å². The van der Waals surface area contributed by atoms with Crippen LogP contribution in [0.5, 0.6) is 0 Å². The van der Waals surface area contributed by atoms with E-state index in [0.717, 1.165) is 23.1 Å². The highest BCUT2D eigenvalue weighted by atomic mass is 32.2. The molecule has 3 aromatic carbocycles. The summed E-state index contributed by atoms with van der Waals surface area (Å²) in [6.07, 6.45) is 0. The number of hydrogen-bond donors (Lipinski definition) is 2. The van der Waals surface area contributed by atoms with Crippen LogP contribution in [0.1, 0.15) is 6.92 Å². The van der Waals surface area contributed by atoms with E-state index < -0.39 is 0 Å². The van der Waals surface area contributed by atoms with E-state index in [9.17, 15) is 9.59 Å². The predicted octanol–water partition coefficient (Wildman–Crippen LogP) is 4.78. The van der Waals surface area contributed by atoms with E-state index in [1.54, 1.807) is 18.2 Å². The molecule has 0 aliphatic heterocycles. The smallest absolute Gasteiger partial charge is 0.259 e. The Morgan fingerprint density at radius 3 is 2.58 bits per heavy atom. The first-order chi connectivity index (χ1) is 15.1. The van der Waals surface area contributed by atoms with E-state index in [1.807, 2.05) is 36.4 Å². The topological polar surface area (TPSA) is 79.8 Å². The van der Waals surface area contributed by atoms with E-state index in [2.05, 4.69) is 38.9 Å². The second kappa shape index (κ2) is 7.92. The number of aromatic amines is 1. The summed E-state index contributed by atoms with van der Waals surface area (Å²) in [5.41, 5.74) is 3.50. The largest absolute Gasteiger partial charge is 0.341 e. The number of amides is 1. The van der Waals surface area contributed by atoms with E-state index in [-0.39, 0.29) is 17.2 Å².